The Balaban J connectivity index is 1.45. The molecule has 166 valence electrons. The van der Waals surface area contributed by atoms with Crippen molar-refractivity contribution in [3.8, 4) is 16.9 Å². The first-order valence-electron chi connectivity index (χ1n) is 10.6. The molecule has 0 bridgehead atoms. The van der Waals surface area contributed by atoms with Crippen molar-refractivity contribution in [2.45, 2.75) is 31.6 Å². The van der Waals surface area contributed by atoms with Gasteiger partial charge in [0.2, 0.25) is 6.41 Å². The minimum Gasteiger partial charge on any atom is -0.494 e. The molecule has 32 heavy (non-hydrogen) atoms. The van der Waals surface area contributed by atoms with Crippen molar-refractivity contribution in [1.82, 2.24) is 14.8 Å². The van der Waals surface area contributed by atoms with Crippen molar-refractivity contribution in [3.63, 3.8) is 0 Å². The zero-order valence-electron chi connectivity index (χ0n) is 18.0. The van der Waals surface area contributed by atoms with Gasteiger partial charge >= 0.3 is 0 Å². The number of ether oxygens (including phenoxy) is 3. The molecular formula is C23H25N5O4. The highest BCUT2D eigenvalue weighted by Crippen LogP contribution is 2.48. The van der Waals surface area contributed by atoms with E-state index < -0.39 is 5.79 Å². The Morgan fingerprint density at radius 1 is 1.25 bits per heavy atom. The second kappa shape index (κ2) is 8.25. The summed E-state index contributed by atoms with van der Waals surface area (Å²) in [6.45, 7) is 3.21. The van der Waals surface area contributed by atoms with Gasteiger partial charge < -0.3 is 24.8 Å². The number of carbonyl (C=O) groups excluding carboxylic acids is 1. The van der Waals surface area contributed by atoms with E-state index >= 15 is 0 Å². The molecule has 5 rings (SSSR count). The first kappa shape index (κ1) is 20.5. The molecule has 9 heteroatoms. The maximum Gasteiger partial charge on any atom is 0.212 e. The number of benzene rings is 1. The molecule has 9 nitrogen and oxygen atoms in total. The predicted octanol–water partition coefficient (Wildman–Crippen LogP) is 3.65. The van der Waals surface area contributed by atoms with E-state index in [1.165, 1.54) is 0 Å². The number of carbonyl (C=O) groups is 1. The molecule has 1 saturated heterocycles. The summed E-state index contributed by atoms with van der Waals surface area (Å²) in [6.07, 6.45) is 8.03. The van der Waals surface area contributed by atoms with Crippen molar-refractivity contribution in [3.05, 3.63) is 48.4 Å². The molecule has 1 atom stereocenters. The molecule has 1 saturated carbocycles. The lowest BCUT2D eigenvalue weighted by atomic mass is 9.85. The van der Waals surface area contributed by atoms with Gasteiger partial charge in [0.05, 0.1) is 32.2 Å². The molecule has 0 radical (unpaired) electrons. The number of pyridine rings is 1. The molecule has 1 spiro atoms. The summed E-state index contributed by atoms with van der Waals surface area (Å²) in [6, 6.07) is 7.77. The number of aryl methyl sites for hydroxylation is 1. The lowest BCUT2D eigenvalue weighted by Gasteiger charge is -2.44. The van der Waals surface area contributed by atoms with E-state index in [2.05, 4.69) is 20.7 Å². The molecule has 1 amide bonds. The largest absolute Gasteiger partial charge is 0.494 e. The van der Waals surface area contributed by atoms with Crippen LogP contribution < -0.4 is 15.4 Å². The number of amides is 1. The lowest BCUT2D eigenvalue weighted by molar-refractivity contribution is -0.242. The highest BCUT2D eigenvalue weighted by atomic mass is 16.7. The molecule has 1 unspecified atom stereocenters. The minimum absolute atomic E-state index is 0.0780. The van der Waals surface area contributed by atoms with Crippen LogP contribution in [0.3, 0.4) is 0 Å². The van der Waals surface area contributed by atoms with E-state index in [-0.39, 0.29) is 6.04 Å². The fourth-order valence-corrected chi connectivity index (χ4v) is 4.32. The summed E-state index contributed by atoms with van der Waals surface area (Å²) in [7, 11) is 1.65. The topological polar surface area (TPSA) is 99.5 Å². The molecule has 1 aliphatic carbocycles. The fourth-order valence-electron chi connectivity index (χ4n) is 4.32. The normalized spacial score (nSPS) is 18.9. The number of rotatable bonds is 7. The van der Waals surface area contributed by atoms with Crippen LogP contribution in [0.5, 0.6) is 5.75 Å². The summed E-state index contributed by atoms with van der Waals surface area (Å²) in [5.74, 6) is 0.642. The molecule has 3 heterocycles. The van der Waals surface area contributed by atoms with Crippen LogP contribution in [-0.4, -0.2) is 47.3 Å². The number of hydrogen-bond acceptors (Lipinski definition) is 7. The van der Waals surface area contributed by atoms with Crippen LogP contribution in [0.15, 0.2) is 42.9 Å². The van der Waals surface area contributed by atoms with Crippen LogP contribution in [0.25, 0.3) is 11.1 Å². The Morgan fingerprint density at radius 2 is 2.09 bits per heavy atom. The summed E-state index contributed by atoms with van der Waals surface area (Å²) in [4.78, 5) is 15.0. The number of aromatic nitrogens is 3. The van der Waals surface area contributed by atoms with Crippen LogP contribution in [0.1, 0.15) is 24.4 Å². The number of methoxy groups -OCH3 is 1. The van der Waals surface area contributed by atoms with Gasteiger partial charge in [-0.2, -0.15) is 5.10 Å². The van der Waals surface area contributed by atoms with E-state index in [4.69, 9.17) is 14.2 Å². The zero-order chi connectivity index (χ0) is 22.1. The Morgan fingerprint density at radius 3 is 2.81 bits per heavy atom. The van der Waals surface area contributed by atoms with Crippen LogP contribution >= 0.6 is 0 Å². The van der Waals surface area contributed by atoms with Crippen LogP contribution in [0, 0.1) is 6.92 Å². The van der Waals surface area contributed by atoms with Gasteiger partial charge in [-0.15, -0.1) is 0 Å². The Labute approximate surface area is 185 Å². The Bertz CT molecular complexity index is 1140. The second-order valence-electron chi connectivity index (χ2n) is 7.93. The second-order valence-corrected chi connectivity index (χ2v) is 7.93. The number of hydrogen-bond donors (Lipinski definition) is 2. The summed E-state index contributed by atoms with van der Waals surface area (Å²) >= 11 is 0. The quantitative estimate of drug-likeness (QED) is 0.547. The van der Waals surface area contributed by atoms with Gasteiger partial charge in [-0.25, -0.2) is 4.98 Å². The average molecular weight is 435 g/mol. The van der Waals surface area contributed by atoms with Gasteiger partial charge in [0.25, 0.3) is 0 Å². The maximum absolute atomic E-state index is 10.8. The van der Waals surface area contributed by atoms with Gasteiger partial charge in [-0.1, -0.05) is 12.1 Å². The standard InChI is InChI=1S/C23H25N5O4/c1-15-11-24-21(25-14-29)10-19(15)27-18-5-3-4-17(22(18)30-2)16-12-26-28(13-16)20-6-7-23(20)31-8-9-32-23/h3-5,10-14,20H,6-9H2,1-2H3,(H2,24,25,27,29). The SMILES string of the molecule is COc1c(Nc2cc(NC=O)ncc2C)cccc1-c1cnn(C2CCC23OCCO3)c1. The van der Waals surface area contributed by atoms with E-state index in [9.17, 15) is 4.79 Å². The van der Waals surface area contributed by atoms with Crippen molar-refractivity contribution in [2.24, 2.45) is 0 Å². The Hall–Kier alpha value is -3.43. The third-order valence-electron chi connectivity index (χ3n) is 6.08. The smallest absolute Gasteiger partial charge is 0.212 e. The summed E-state index contributed by atoms with van der Waals surface area (Å²) in [5, 5.41) is 10.6. The third kappa shape index (κ3) is 3.49. The first-order valence-corrected chi connectivity index (χ1v) is 10.6. The van der Waals surface area contributed by atoms with Crippen molar-refractivity contribution in [1.29, 1.82) is 0 Å². The summed E-state index contributed by atoms with van der Waals surface area (Å²) < 4.78 is 19.5. The van der Waals surface area contributed by atoms with E-state index in [0.717, 1.165) is 40.9 Å². The number of para-hydroxylation sites is 1. The molecule has 1 aromatic carbocycles. The van der Waals surface area contributed by atoms with Crippen molar-refractivity contribution in [2.75, 3.05) is 31.0 Å². The predicted molar refractivity (Wildman–Crippen MR) is 119 cm³/mol. The number of nitrogens with zero attached hydrogens (tertiary/aromatic N) is 3. The summed E-state index contributed by atoms with van der Waals surface area (Å²) in [5.41, 5.74) is 4.42. The number of anilines is 3. The lowest BCUT2D eigenvalue weighted by Crippen LogP contribution is -2.49. The Kier molecular flexibility index (Phi) is 5.28. The number of nitrogens with one attached hydrogen (secondary N) is 2. The molecule has 2 N–H and O–H groups in total. The average Bonchev–Trinajstić information content (AvgIpc) is 3.47. The van der Waals surface area contributed by atoms with Gasteiger partial charge in [0, 0.05) is 41.7 Å². The van der Waals surface area contributed by atoms with E-state index in [1.54, 1.807) is 19.4 Å². The van der Waals surface area contributed by atoms with E-state index in [0.29, 0.717) is 31.2 Å². The van der Waals surface area contributed by atoms with Crippen LogP contribution in [0.2, 0.25) is 0 Å². The third-order valence-corrected chi connectivity index (χ3v) is 6.08. The highest BCUT2D eigenvalue weighted by Gasteiger charge is 2.53. The van der Waals surface area contributed by atoms with Crippen molar-refractivity contribution < 1.29 is 19.0 Å². The van der Waals surface area contributed by atoms with Crippen molar-refractivity contribution >= 4 is 23.6 Å². The molecule has 2 aliphatic rings. The molecule has 2 aromatic heterocycles. The highest BCUT2D eigenvalue weighted by molar-refractivity contribution is 5.81. The minimum atomic E-state index is -0.525. The zero-order valence-corrected chi connectivity index (χ0v) is 18.0. The molecule has 3 aromatic rings. The van der Waals surface area contributed by atoms with E-state index in [1.807, 2.05) is 42.2 Å². The molecule has 1 aliphatic heterocycles. The molecule has 2 fully saturated rings. The van der Waals surface area contributed by atoms with Crippen LogP contribution in [0.4, 0.5) is 17.2 Å². The van der Waals surface area contributed by atoms with Gasteiger partial charge in [0.1, 0.15) is 17.6 Å². The maximum atomic E-state index is 10.8. The van der Waals surface area contributed by atoms with Gasteiger partial charge in [0.15, 0.2) is 5.79 Å². The molecular weight excluding hydrogens is 410 g/mol. The van der Waals surface area contributed by atoms with Crippen LogP contribution in [-0.2, 0) is 14.3 Å². The van der Waals surface area contributed by atoms with Gasteiger partial charge in [-0.05, 0) is 25.0 Å². The van der Waals surface area contributed by atoms with Gasteiger partial charge in [-0.3, -0.25) is 9.48 Å². The fraction of sp³-hybridized carbons (Fsp3) is 0.348. The first-order chi connectivity index (χ1) is 15.6. The monoisotopic (exact) mass is 435 g/mol.